The lowest BCUT2D eigenvalue weighted by atomic mass is 10.2. The van der Waals surface area contributed by atoms with Crippen molar-refractivity contribution >= 4 is 5.91 Å². The van der Waals surface area contributed by atoms with Gasteiger partial charge in [-0.3, -0.25) is 9.48 Å². The van der Waals surface area contributed by atoms with Crippen LogP contribution in [0.4, 0.5) is 8.78 Å². The molecule has 0 saturated carbocycles. The molecule has 1 aromatic carbocycles. The summed E-state index contributed by atoms with van der Waals surface area (Å²) in [6, 6.07) is 6.23. The molecule has 0 N–H and O–H groups in total. The first-order chi connectivity index (χ1) is 11.5. The Morgan fingerprint density at radius 2 is 2.08 bits per heavy atom. The third-order valence-electron chi connectivity index (χ3n) is 3.45. The quantitative estimate of drug-likeness (QED) is 0.778. The number of nitrogens with zero attached hydrogens (tertiary/aromatic N) is 3. The molecule has 0 atom stereocenters. The highest BCUT2D eigenvalue weighted by atomic mass is 19.3. The Morgan fingerprint density at radius 1 is 1.33 bits per heavy atom. The highest BCUT2D eigenvalue weighted by molar-refractivity contribution is 5.92. The van der Waals surface area contributed by atoms with Crippen LogP contribution in [0.1, 0.15) is 23.0 Å². The molecule has 24 heavy (non-hydrogen) atoms. The summed E-state index contributed by atoms with van der Waals surface area (Å²) in [6.45, 7) is -0.145. The predicted molar refractivity (Wildman–Crippen MR) is 83.3 cm³/mol. The standard InChI is InChI=1S/C16H19F2N3O3/c1-4-21-12(7-8-19-21)15(22)20(2)10-11-5-6-13(24-16(17)18)14(9-11)23-3/h5-9,16H,4,10H2,1-3H3. The maximum absolute atomic E-state index is 12.5. The van der Waals surface area contributed by atoms with Crippen molar-refractivity contribution in [2.75, 3.05) is 14.2 Å². The van der Waals surface area contributed by atoms with Crippen molar-refractivity contribution < 1.29 is 23.0 Å². The minimum absolute atomic E-state index is 0.0470. The molecular weight excluding hydrogens is 320 g/mol. The van der Waals surface area contributed by atoms with Gasteiger partial charge in [-0.25, -0.2) is 0 Å². The van der Waals surface area contributed by atoms with E-state index in [4.69, 9.17) is 4.74 Å². The number of carbonyl (C=O) groups is 1. The molecule has 0 radical (unpaired) electrons. The lowest BCUT2D eigenvalue weighted by molar-refractivity contribution is -0.0512. The molecule has 0 fully saturated rings. The molecule has 8 heteroatoms. The van der Waals surface area contributed by atoms with Gasteiger partial charge in [0.25, 0.3) is 5.91 Å². The first-order valence-corrected chi connectivity index (χ1v) is 7.35. The first-order valence-electron chi connectivity index (χ1n) is 7.35. The molecule has 6 nitrogen and oxygen atoms in total. The summed E-state index contributed by atoms with van der Waals surface area (Å²) < 4.78 is 35.7. The SMILES string of the molecule is CCn1nccc1C(=O)N(C)Cc1ccc(OC(F)F)c(OC)c1. The van der Waals surface area contributed by atoms with Crippen LogP contribution in [0.5, 0.6) is 11.5 Å². The topological polar surface area (TPSA) is 56.6 Å². The van der Waals surface area contributed by atoms with Gasteiger partial charge in [-0.1, -0.05) is 6.07 Å². The van der Waals surface area contributed by atoms with Crippen LogP contribution in [0.15, 0.2) is 30.5 Å². The van der Waals surface area contributed by atoms with E-state index < -0.39 is 6.61 Å². The van der Waals surface area contributed by atoms with Crippen molar-refractivity contribution in [1.29, 1.82) is 0 Å². The van der Waals surface area contributed by atoms with Crippen LogP contribution >= 0.6 is 0 Å². The number of aromatic nitrogens is 2. The Kier molecular flexibility index (Phi) is 5.73. The van der Waals surface area contributed by atoms with Crippen LogP contribution in [0, 0.1) is 0 Å². The Labute approximate surface area is 138 Å². The van der Waals surface area contributed by atoms with Gasteiger partial charge < -0.3 is 14.4 Å². The molecule has 2 rings (SSSR count). The van der Waals surface area contributed by atoms with E-state index in [1.807, 2.05) is 6.92 Å². The summed E-state index contributed by atoms with van der Waals surface area (Å²) in [5.74, 6) is -0.0391. The van der Waals surface area contributed by atoms with E-state index >= 15 is 0 Å². The maximum Gasteiger partial charge on any atom is 0.387 e. The molecule has 2 aromatic rings. The summed E-state index contributed by atoms with van der Waals surface area (Å²) in [7, 11) is 3.03. The number of hydrogen-bond donors (Lipinski definition) is 0. The Morgan fingerprint density at radius 3 is 2.71 bits per heavy atom. The lowest BCUT2D eigenvalue weighted by Gasteiger charge is -2.19. The van der Waals surface area contributed by atoms with Gasteiger partial charge in [0.15, 0.2) is 11.5 Å². The lowest BCUT2D eigenvalue weighted by Crippen LogP contribution is -2.28. The van der Waals surface area contributed by atoms with E-state index in [2.05, 4.69) is 9.84 Å². The zero-order valence-electron chi connectivity index (χ0n) is 13.7. The summed E-state index contributed by atoms with van der Waals surface area (Å²) in [6.07, 6.45) is 1.57. The highest BCUT2D eigenvalue weighted by Gasteiger charge is 2.17. The summed E-state index contributed by atoms with van der Waals surface area (Å²) in [4.78, 5) is 14.0. The van der Waals surface area contributed by atoms with E-state index in [1.54, 1.807) is 36.1 Å². The van der Waals surface area contributed by atoms with Gasteiger partial charge >= 0.3 is 6.61 Å². The van der Waals surface area contributed by atoms with Gasteiger partial charge in [0.05, 0.1) is 7.11 Å². The van der Waals surface area contributed by atoms with Crippen molar-refractivity contribution in [1.82, 2.24) is 14.7 Å². The van der Waals surface area contributed by atoms with E-state index in [0.717, 1.165) is 5.56 Å². The van der Waals surface area contributed by atoms with Crippen LogP contribution in [0.2, 0.25) is 0 Å². The fourth-order valence-corrected chi connectivity index (χ4v) is 2.31. The highest BCUT2D eigenvalue weighted by Crippen LogP contribution is 2.29. The molecule has 0 aliphatic rings. The van der Waals surface area contributed by atoms with E-state index in [0.29, 0.717) is 18.8 Å². The summed E-state index contributed by atoms with van der Waals surface area (Å²) >= 11 is 0. The smallest absolute Gasteiger partial charge is 0.387 e. The Balaban J connectivity index is 2.14. The van der Waals surface area contributed by atoms with Crippen molar-refractivity contribution in [2.45, 2.75) is 26.6 Å². The second-order valence-corrected chi connectivity index (χ2v) is 5.06. The molecule has 1 amide bonds. The molecule has 1 heterocycles. The molecule has 0 bridgehead atoms. The molecule has 0 aliphatic carbocycles. The number of amides is 1. The van der Waals surface area contributed by atoms with Crippen LogP contribution < -0.4 is 9.47 Å². The molecular formula is C16H19F2N3O3. The number of aryl methyl sites for hydroxylation is 1. The van der Waals surface area contributed by atoms with E-state index in [-0.39, 0.29) is 17.4 Å². The number of ether oxygens (including phenoxy) is 2. The molecule has 0 spiro atoms. The van der Waals surface area contributed by atoms with Crippen LogP contribution in [0.25, 0.3) is 0 Å². The van der Waals surface area contributed by atoms with Crippen LogP contribution in [-0.4, -0.2) is 41.4 Å². The Hall–Kier alpha value is -2.64. The van der Waals surface area contributed by atoms with Gasteiger partial charge in [-0.05, 0) is 30.7 Å². The largest absolute Gasteiger partial charge is 0.493 e. The Bertz CT molecular complexity index is 704. The number of alkyl halides is 2. The summed E-state index contributed by atoms with van der Waals surface area (Å²) in [5.41, 5.74) is 1.22. The minimum atomic E-state index is -2.93. The molecule has 0 saturated heterocycles. The number of halogens is 2. The monoisotopic (exact) mass is 339 g/mol. The molecule has 0 unspecified atom stereocenters. The second-order valence-electron chi connectivity index (χ2n) is 5.06. The van der Waals surface area contributed by atoms with Crippen molar-refractivity contribution in [3.63, 3.8) is 0 Å². The normalized spacial score (nSPS) is 10.8. The number of rotatable bonds is 7. The van der Waals surface area contributed by atoms with Gasteiger partial charge in [0.1, 0.15) is 5.69 Å². The van der Waals surface area contributed by atoms with Crippen LogP contribution in [-0.2, 0) is 13.1 Å². The third-order valence-corrected chi connectivity index (χ3v) is 3.45. The average molecular weight is 339 g/mol. The first kappa shape index (κ1) is 17.7. The summed E-state index contributed by atoms with van der Waals surface area (Å²) in [5, 5.41) is 4.07. The van der Waals surface area contributed by atoms with E-state index in [1.165, 1.54) is 18.1 Å². The zero-order chi connectivity index (χ0) is 17.7. The van der Waals surface area contributed by atoms with Crippen molar-refractivity contribution in [3.8, 4) is 11.5 Å². The molecule has 0 aliphatic heterocycles. The number of hydrogen-bond acceptors (Lipinski definition) is 4. The van der Waals surface area contributed by atoms with E-state index in [9.17, 15) is 13.6 Å². The molecule has 130 valence electrons. The van der Waals surface area contributed by atoms with Gasteiger partial charge in [0.2, 0.25) is 0 Å². The van der Waals surface area contributed by atoms with Gasteiger partial charge in [0, 0.05) is 26.3 Å². The number of methoxy groups -OCH3 is 1. The maximum atomic E-state index is 12.5. The third kappa shape index (κ3) is 4.01. The zero-order valence-corrected chi connectivity index (χ0v) is 13.7. The van der Waals surface area contributed by atoms with Crippen LogP contribution in [0.3, 0.4) is 0 Å². The predicted octanol–water partition coefficient (Wildman–Crippen LogP) is 2.79. The number of benzene rings is 1. The second kappa shape index (κ2) is 7.76. The van der Waals surface area contributed by atoms with Crippen molar-refractivity contribution in [3.05, 3.63) is 41.7 Å². The molecule has 1 aromatic heterocycles. The van der Waals surface area contributed by atoms with Crippen molar-refractivity contribution in [2.24, 2.45) is 0 Å². The fourth-order valence-electron chi connectivity index (χ4n) is 2.31. The fraction of sp³-hybridized carbons (Fsp3) is 0.375. The average Bonchev–Trinajstić information content (AvgIpc) is 3.03. The minimum Gasteiger partial charge on any atom is -0.493 e. The van der Waals surface area contributed by atoms with Gasteiger partial charge in [-0.2, -0.15) is 13.9 Å². The number of carbonyl (C=O) groups excluding carboxylic acids is 1. The van der Waals surface area contributed by atoms with Gasteiger partial charge in [-0.15, -0.1) is 0 Å².